The third-order valence-electron chi connectivity index (χ3n) is 2.74. The van der Waals surface area contributed by atoms with Gasteiger partial charge < -0.3 is 5.32 Å². The quantitative estimate of drug-likeness (QED) is 0.862. The number of rotatable bonds is 6. The molecule has 20 heavy (non-hydrogen) atoms. The molecule has 1 aromatic carbocycles. The van der Waals surface area contributed by atoms with Gasteiger partial charge in [0.15, 0.2) is 0 Å². The molecule has 0 unspecified atom stereocenters. The van der Waals surface area contributed by atoms with Crippen molar-refractivity contribution in [1.82, 2.24) is 5.32 Å². The summed E-state index contributed by atoms with van der Waals surface area (Å²) in [6.45, 7) is 4.58. The minimum absolute atomic E-state index is 0.301. The van der Waals surface area contributed by atoms with Crippen LogP contribution in [-0.2, 0) is 16.6 Å². The predicted molar refractivity (Wildman–Crippen MR) is 83.5 cm³/mol. The third kappa shape index (κ3) is 3.82. The molecule has 0 aliphatic heterocycles. The smallest absolute Gasteiger partial charge is 0.262 e. The molecule has 1 aromatic heterocycles. The summed E-state index contributed by atoms with van der Waals surface area (Å²) < 4.78 is 27.5. The summed E-state index contributed by atoms with van der Waals surface area (Å²) in [5, 5.41) is 6.85. The van der Waals surface area contributed by atoms with Gasteiger partial charge in [0.05, 0.1) is 10.6 Å². The highest BCUT2D eigenvalue weighted by atomic mass is 32.2. The Balaban J connectivity index is 2.26. The zero-order valence-corrected chi connectivity index (χ0v) is 13.1. The molecule has 0 saturated heterocycles. The van der Waals surface area contributed by atoms with Gasteiger partial charge in [-0.15, -0.1) is 0 Å². The van der Waals surface area contributed by atoms with Crippen LogP contribution in [0.4, 0.5) is 5.69 Å². The maximum atomic E-state index is 12.4. The van der Waals surface area contributed by atoms with E-state index in [4.69, 9.17) is 0 Å². The maximum absolute atomic E-state index is 12.4. The van der Waals surface area contributed by atoms with E-state index in [-0.39, 0.29) is 0 Å². The molecule has 0 amide bonds. The van der Waals surface area contributed by atoms with Crippen LogP contribution in [-0.4, -0.2) is 14.5 Å². The summed E-state index contributed by atoms with van der Waals surface area (Å²) in [6.07, 6.45) is 0. The number of thiophene rings is 1. The van der Waals surface area contributed by atoms with Crippen LogP contribution < -0.4 is 10.0 Å². The van der Waals surface area contributed by atoms with Crippen molar-refractivity contribution in [3.8, 4) is 0 Å². The van der Waals surface area contributed by atoms with E-state index in [9.17, 15) is 8.42 Å². The first-order chi connectivity index (χ1) is 9.49. The Morgan fingerprint density at radius 3 is 2.60 bits per heavy atom. The van der Waals surface area contributed by atoms with Crippen LogP contribution in [0.2, 0.25) is 0 Å². The summed E-state index contributed by atoms with van der Waals surface area (Å²) in [5.41, 5.74) is 1.37. The summed E-state index contributed by atoms with van der Waals surface area (Å²) in [7, 11) is -3.55. The Morgan fingerprint density at radius 2 is 1.95 bits per heavy atom. The van der Waals surface area contributed by atoms with Crippen LogP contribution >= 0.6 is 11.3 Å². The van der Waals surface area contributed by atoms with E-state index < -0.39 is 10.0 Å². The van der Waals surface area contributed by atoms with Crippen molar-refractivity contribution in [2.45, 2.75) is 31.3 Å². The van der Waals surface area contributed by atoms with Gasteiger partial charge in [0.1, 0.15) is 0 Å². The van der Waals surface area contributed by atoms with Crippen molar-refractivity contribution in [3.05, 3.63) is 46.7 Å². The van der Waals surface area contributed by atoms with Gasteiger partial charge in [-0.05, 0) is 23.1 Å². The van der Waals surface area contributed by atoms with E-state index in [0.717, 1.165) is 5.56 Å². The van der Waals surface area contributed by atoms with E-state index in [2.05, 4.69) is 10.0 Å². The first-order valence-corrected chi connectivity index (χ1v) is 8.78. The molecular formula is C14H18N2O2S2. The van der Waals surface area contributed by atoms with Gasteiger partial charge in [0.2, 0.25) is 0 Å². The molecule has 0 bridgehead atoms. The first kappa shape index (κ1) is 15.0. The minimum Gasteiger partial charge on any atom is -0.310 e. The molecule has 2 aromatic rings. The topological polar surface area (TPSA) is 58.2 Å². The number of hydrogen-bond donors (Lipinski definition) is 2. The molecule has 0 spiro atoms. The highest BCUT2D eigenvalue weighted by Crippen LogP contribution is 2.21. The average Bonchev–Trinajstić information content (AvgIpc) is 2.88. The van der Waals surface area contributed by atoms with Crippen LogP contribution in [0.1, 0.15) is 19.4 Å². The minimum atomic E-state index is -3.55. The maximum Gasteiger partial charge on any atom is 0.262 e. The van der Waals surface area contributed by atoms with Crippen LogP contribution in [0.25, 0.3) is 0 Å². The van der Waals surface area contributed by atoms with Gasteiger partial charge in [0, 0.05) is 18.0 Å². The van der Waals surface area contributed by atoms with Crippen LogP contribution in [0.5, 0.6) is 0 Å². The van der Waals surface area contributed by atoms with Crippen LogP contribution in [0.3, 0.4) is 0 Å². The zero-order valence-electron chi connectivity index (χ0n) is 11.5. The number of sulfonamides is 1. The van der Waals surface area contributed by atoms with Crippen molar-refractivity contribution in [3.63, 3.8) is 0 Å². The molecule has 0 aliphatic rings. The second-order valence-electron chi connectivity index (χ2n) is 4.76. The fourth-order valence-electron chi connectivity index (χ4n) is 1.76. The lowest BCUT2D eigenvalue weighted by atomic mass is 10.2. The molecule has 108 valence electrons. The molecule has 0 saturated carbocycles. The largest absolute Gasteiger partial charge is 0.310 e. The number of benzene rings is 1. The normalized spacial score (nSPS) is 11.8. The Kier molecular flexibility index (Phi) is 4.80. The van der Waals surface area contributed by atoms with Crippen molar-refractivity contribution >= 4 is 27.0 Å². The van der Waals surface area contributed by atoms with Gasteiger partial charge in [0.25, 0.3) is 10.0 Å². The molecule has 2 N–H and O–H groups in total. The molecule has 1 heterocycles. The van der Waals surface area contributed by atoms with Crippen LogP contribution in [0, 0.1) is 0 Å². The number of anilines is 1. The summed E-state index contributed by atoms with van der Waals surface area (Å²) in [6, 6.07) is 9.10. The Morgan fingerprint density at radius 1 is 1.20 bits per heavy atom. The number of hydrogen-bond acceptors (Lipinski definition) is 4. The lowest BCUT2D eigenvalue weighted by molar-refractivity contribution is 0.576. The monoisotopic (exact) mass is 310 g/mol. The van der Waals surface area contributed by atoms with Gasteiger partial charge in [-0.1, -0.05) is 32.0 Å². The van der Waals surface area contributed by atoms with Gasteiger partial charge >= 0.3 is 0 Å². The molecule has 0 fully saturated rings. The highest BCUT2D eigenvalue weighted by Gasteiger charge is 2.18. The third-order valence-corrected chi connectivity index (χ3v) is 4.90. The number of nitrogens with one attached hydrogen (secondary N) is 2. The summed E-state index contributed by atoms with van der Waals surface area (Å²) in [5.74, 6) is 0. The van der Waals surface area contributed by atoms with E-state index >= 15 is 0 Å². The fourth-order valence-corrected chi connectivity index (χ4v) is 3.71. The van der Waals surface area contributed by atoms with Crippen LogP contribution in [0.15, 0.2) is 46.0 Å². The van der Waals surface area contributed by atoms with Gasteiger partial charge in [-0.25, -0.2) is 8.42 Å². The van der Waals surface area contributed by atoms with E-state index in [0.29, 0.717) is 23.2 Å². The molecule has 0 aliphatic carbocycles. The standard InChI is InChI=1S/C14H18N2O2S2/c1-11(2)15-9-12-5-3-4-6-14(12)20(17,18)16-13-7-8-19-10-13/h3-8,10-11,15-16H,9H2,1-2H3. The van der Waals surface area contributed by atoms with Crippen molar-refractivity contribution in [2.24, 2.45) is 0 Å². The SMILES string of the molecule is CC(C)NCc1ccccc1S(=O)(=O)Nc1ccsc1. The zero-order chi connectivity index (χ0) is 14.6. The Hall–Kier alpha value is -1.37. The lowest BCUT2D eigenvalue weighted by Crippen LogP contribution is -2.24. The molecule has 0 atom stereocenters. The van der Waals surface area contributed by atoms with Crippen molar-refractivity contribution < 1.29 is 8.42 Å². The molecule has 0 radical (unpaired) electrons. The van der Waals surface area contributed by atoms with Crippen molar-refractivity contribution in [1.29, 1.82) is 0 Å². The fraction of sp³-hybridized carbons (Fsp3) is 0.286. The Bertz CT molecular complexity index is 650. The average molecular weight is 310 g/mol. The van der Waals surface area contributed by atoms with E-state index in [1.54, 1.807) is 23.6 Å². The molecule has 6 heteroatoms. The summed E-state index contributed by atoms with van der Waals surface area (Å²) >= 11 is 1.45. The molecule has 2 rings (SSSR count). The Labute approximate surface area is 123 Å². The lowest BCUT2D eigenvalue weighted by Gasteiger charge is -2.13. The highest BCUT2D eigenvalue weighted by molar-refractivity contribution is 7.92. The van der Waals surface area contributed by atoms with Gasteiger partial charge in [-0.3, -0.25) is 4.72 Å². The molecule has 4 nitrogen and oxygen atoms in total. The van der Waals surface area contributed by atoms with E-state index in [1.807, 2.05) is 31.4 Å². The van der Waals surface area contributed by atoms with Crippen molar-refractivity contribution in [2.75, 3.05) is 4.72 Å². The van der Waals surface area contributed by atoms with Gasteiger partial charge in [-0.2, -0.15) is 11.3 Å². The summed E-state index contributed by atoms with van der Waals surface area (Å²) in [4.78, 5) is 0.319. The molecular weight excluding hydrogens is 292 g/mol. The first-order valence-electron chi connectivity index (χ1n) is 6.35. The second kappa shape index (κ2) is 6.39. The second-order valence-corrected chi connectivity index (χ2v) is 7.19. The van der Waals surface area contributed by atoms with E-state index in [1.165, 1.54) is 11.3 Å². The predicted octanol–water partition coefficient (Wildman–Crippen LogP) is 3.05.